The third-order valence-electron chi connectivity index (χ3n) is 2.39. The Morgan fingerprint density at radius 1 is 1.20 bits per heavy atom. The molecule has 0 aliphatic heterocycles. The Balaban J connectivity index is 3.19. The minimum absolute atomic E-state index is 0.0671. The summed E-state index contributed by atoms with van der Waals surface area (Å²) < 4.78 is 0. The molecule has 0 fully saturated rings. The minimum Gasteiger partial charge on any atom is -0.481 e. The van der Waals surface area contributed by atoms with Gasteiger partial charge in [-0.15, -0.1) is 6.58 Å². The molecule has 3 heteroatoms. The Bertz CT molecular complexity index is 178. The molecule has 0 aliphatic rings. The zero-order valence-corrected chi connectivity index (χ0v) is 9.32. The standard InChI is InChI=1S/C12H22O3/c1-2-3-4-5-6-7-8-11(13)9-10-12(14)15/h2,11,13H,1,3-10H2,(H,14,15). The molecular formula is C12H22O3. The second kappa shape index (κ2) is 9.71. The molecule has 0 rings (SSSR count). The van der Waals surface area contributed by atoms with Gasteiger partial charge in [-0.3, -0.25) is 4.79 Å². The average Bonchev–Trinajstić information content (AvgIpc) is 2.20. The fourth-order valence-electron chi connectivity index (χ4n) is 1.46. The van der Waals surface area contributed by atoms with Gasteiger partial charge in [-0.2, -0.15) is 0 Å². The van der Waals surface area contributed by atoms with E-state index < -0.39 is 12.1 Å². The number of unbranched alkanes of at least 4 members (excludes halogenated alkanes) is 4. The number of aliphatic carboxylic acids is 1. The largest absolute Gasteiger partial charge is 0.481 e. The fraction of sp³-hybridized carbons (Fsp3) is 0.750. The average molecular weight is 214 g/mol. The SMILES string of the molecule is C=CCCCCCCC(O)CCC(=O)O. The van der Waals surface area contributed by atoms with Crippen LogP contribution in [0.4, 0.5) is 0 Å². The molecule has 2 N–H and O–H groups in total. The number of rotatable bonds is 10. The molecule has 0 saturated heterocycles. The Kier molecular flexibility index (Phi) is 9.18. The summed E-state index contributed by atoms with van der Waals surface area (Å²) in [5, 5.41) is 17.8. The Hall–Kier alpha value is -0.830. The maximum Gasteiger partial charge on any atom is 0.303 e. The van der Waals surface area contributed by atoms with E-state index in [2.05, 4.69) is 6.58 Å². The van der Waals surface area contributed by atoms with E-state index in [1.807, 2.05) is 6.08 Å². The summed E-state index contributed by atoms with van der Waals surface area (Å²) in [6.07, 6.45) is 8.12. The minimum atomic E-state index is -0.833. The number of carbonyl (C=O) groups is 1. The van der Waals surface area contributed by atoms with Gasteiger partial charge in [0, 0.05) is 6.42 Å². The van der Waals surface area contributed by atoms with Crippen molar-refractivity contribution in [2.75, 3.05) is 0 Å². The zero-order valence-electron chi connectivity index (χ0n) is 9.32. The van der Waals surface area contributed by atoms with Gasteiger partial charge in [0.2, 0.25) is 0 Å². The second-order valence-electron chi connectivity index (χ2n) is 3.87. The summed E-state index contributed by atoms with van der Waals surface area (Å²) >= 11 is 0. The highest BCUT2D eigenvalue weighted by Crippen LogP contribution is 2.10. The monoisotopic (exact) mass is 214 g/mol. The number of hydrogen-bond donors (Lipinski definition) is 2. The lowest BCUT2D eigenvalue weighted by molar-refractivity contribution is -0.137. The van der Waals surface area contributed by atoms with Gasteiger partial charge < -0.3 is 10.2 Å². The first-order valence-corrected chi connectivity index (χ1v) is 5.67. The van der Waals surface area contributed by atoms with Crippen LogP contribution in [0.25, 0.3) is 0 Å². The summed E-state index contributed by atoms with van der Waals surface area (Å²) in [4.78, 5) is 10.2. The van der Waals surface area contributed by atoms with Crippen molar-refractivity contribution in [2.45, 2.75) is 57.5 Å². The first-order valence-electron chi connectivity index (χ1n) is 5.67. The lowest BCUT2D eigenvalue weighted by Gasteiger charge is -2.08. The number of carboxylic acid groups (broad SMARTS) is 1. The third-order valence-corrected chi connectivity index (χ3v) is 2.39. The lowest BCUT2D eigenvalue weighted by atomic mass is 10.0. The van der Waals surface area contributed by atoms with E-state index in [1.165, 1.54) is 0 Å². The van der Waals surface area contributed by atoms with Gasteiger partial charge in [0.25, 0.3) is 0 Å². The van der Waals surface area contributed by atoms with Crippen molar-refractivity contribution in [1.29, 1.82) is 0 Å². The first kappa shape index (κ1) is 14.2. The topological polar surface area (TPSA) is 57.5 Å². The Morgan fingerprint density at radius 3 is 2.47 bits per heavy atom. The van der Waals surface area contributed by atoms with Crippen molar-refractivity contribution in [3.63, 3.8) is 0 Å². The molecule has 3 nitrogen and oxygen atoms in total. The predicted octanol–water partition coefficient (Wildman–Crippen LogP) is 2.74. The van der Waals surface area contributed by atoms with Crippen molar-refractivity contribution >= 4 is 5.97 Å². The summed E-state index contributed by atoms with van der Waals surface area (Å²) in [6, 6.07) is 0. The van der Waals surface area contributed by atoms with E-state index in [0.29, 0.717) is 6.42 Å². The maximum absolute atomic E-state index is 10.2. The molecule has 0 radical (unpaired) electrons. The molecule has 0 aromatic heterocycles. The van der Waals surface area contributed by atoms with Gasteiger partial charge in [-0.1, -0.05) is 25.3 Å². The van der Waals surface area contributed by atoms with Crippen LogP contribution < -0.4 is 0 Å². The van der Waals surface area contributed by atoms with Gasteiger partial charge in [0.15, 0.2) is 0 Å². The van der Waals surface area contributed by atoms with E-state index in [1.54, 1.807) is 0 Å². The van der Waals surface area contributed by atoms with Gasteiger partial charge in [0.05, 0.1) is 6.10 Å². The highest BCUT2D eigenvalue weighted by Gasteiger charge is 2.06. The van der Waals surface area contributed by atoms with Crippen molar-refractivity contribution in [3.8, 4) is 0 Å². The summed E-state index contributed by atoms with van der Waals surface area (Å²) in [5.41, 5.74) is 0. The van der Waals surface area contributed by atoms with Crippen molar-refractivity contribution in [2.24, 2.45) is 0 Å². The van der Waals surface area contributed by atoms with Crippen LogP contribution in [0.15, 0.2) is 12.7 Å². The molecule has 1 unspecified atom stereocenters. The quantitative estimate of drug-likeness (QED) is 0.434. The Morgan fingerprint density at radius 2 is 1.87 bits per heavy atom. The van der Waals surface area contributed by atoms with E-state index >= 15 is 0 Å². The van der Waals surface area contributed by atoms with E-state index in [4.69, 9.17) is 5.11 Å². The fourth-order valence-corrected chi connectivity index (χ4v) is 1.46. The van der Waals surface area contributed by atoms with Crippen LogP contribution in [-0.2, 0) is 4.79 Å². The molecule has 0 heterocycles. The molecular weight excluding hydrogens is 192 g/mol. The number of aliphatic hydroxyl groups is 1. The van der Waals surface area contributed by atoms with Gasteiger partial charge >= 0.3 is 5.97 Å². The van der Waals surface area contributed by atoms with Crippen molar-refractivity contribution in [1.82, 2.24) is 0 Å². The molecule has 0 aromatic carbocycles. The van der Waals surface area contributed by atoms with Crippen LogP contribution in [0.3, 0.4) is 0 Å². The van der Waals surface area contributed by atoms with Crippen LogP contribution >= 0.6 is 0 Å². The van der Waals surface area contributed by atoms with Crippen molar-refractivity contribution < 1.29 is 15.0 Å². The van der Waals surface area contributed by atoms with Gasteiger partial charge in [0.1, 0.15) is 0 Å². The molecule has 15 heavy (non-hydrogen) atoms. The molecule has 0 aliphatic carbocycles. The zero-order chi connectivity index (χ0) is 11.5. The summed E-state index contributed by atoms with van der Waals surface area (Å²) in [5.74, 6) is -0.833. The van der Waals surface area contributed by atoms with E-state index in [0.717, 1.165) is 38.5 Å². The van der Waals surface area contributed by atoms with Gasteiger partial charge in [-0.25, -0.2) is 0 Å². The third kappa shape index (κ3) is 11.1. The van der Waals surface area contributed by atoms with Crippen LogP contribution in [0.1, 0.15) is 51.4 Å². The van der Waals surface area contributed by atoms with E-state index in [9.17, 15) is 9.90 Å². The molecule has 88 valence electrons. The highest BCUT2D eigenvalue weighted by molar-refractivity contribution is 5.66. The molecule has 0 bridgehead atoms. The van der Waals surface area contributed by atoms with Crippen LogP contribution in [0, 0.1) is 0 Å². The molecule has 1 atom stereocenters. The Labute approximate surface area is 91.8 Å². The van der Waals surface area contributed by atoms with E-state index in [-0.39, 0.29) is 6.42 Å². The van der Waals surface area contributed by atoms with Crippen LogP contribution in [-0.4, -0.2) is 22.3 Å². The highest BCUT2D eigenvalue weighted by atomic mass is 16.4. The molecule has 0 spiro atoms. The molecule has 0 amide bonds. The van der Waals surface area contributed by atoms with Gasteiger partial charge in [-0.05, 0) is 25.7 Å². The van der Waals surface area contributed by atoms with Crippen LogP contribution in [0.2, 0.25) is 0 Å². The van der Waals surface area contributed by atoms with Crippen molar-refractivity contribution in [3.05, 3.63) is 12.7 Å². The molecule has 0 saturated carbocycles. The smallest absolute Gasteiger partial charge is 0.303 e. The lowest BCUT2D eigenvalue weighted by Crippen LogP contribution is -2.09. The first-order chi connectivity index (χ1) is 7.16. The summed E-state index contributed by atoms with van der Waals surface area (Å²) in [7, 11) is 0. The number of carboxylic acids is 1. The summed E-state index contributed by atoms with van der Waals surface area (Å²) in [6.45, 7) is 3.65. The second-order valence-corrected chi connectivity index (χ2v) is 3.87. The molecule has 0 aromatic rings. The number of aliphatic hydroxyl groups excluding tert-OH is 1. The maximum atomic E-state index is 10.2. The van der Waals surface area contributed by atoms with Crippen LogP contribution in [0.5, 0.6) is 0 Å². The number of allylic oxidation sites excluding steroid dienone is 1. The predicted molar refractivity (Wildman–Crippen MR) is 60.8 cm³/mol. The normalized spacial score (nSPS) is 12.3. The number of hydrogen-bond acceptors (Lipinski definition) is 2.